The van der Waals surface area contributed by atoms with E-state index in [9.17, 15) is 9.59 Å². The van der Waals surface area contributed by atoms with Crippen molar-refractivity contribution in [3.8, 4) is 5.69 Å². The average molecular weight is 460 g/mol. The van der Waals surface area contributed by atoms with Crippen molar-refractivity contribution in [2.45, 2.75) is 59.7 Å². The van der Waals surface area contributed by atoms with Crippen LogP contribution in [0.25, 0.3) is 16.7 Å². The summed E-state index contributed by atoms with van der Waals surface area (Å²) in [6.45, 7) is 9.47. The highest BCUT2D eigenvalue weighted by molar-refractivity contribution is 5.97. The van der Waals surface area contributed by atoms with Crippen molar-refractivity contribution >= 4 is 16.8 Å². The summed E-state index contributed by atoms with van der Waals surface area (Å²) >= 11 is 0. The molecule has 4 aromatic rings. The van der Waals surface area contributed by atoms with Crippen LogP contribution in [0.2, 0.25) is 0 Å². The molecule has 0 amide bonds. The number of rotatable bonds is 6. The first-order valence-electron chi connectivity index (χ1n) is 11.6. The highest BCUT2D eigenvalue weighted by atomic mass is 16.5. The van der Waals surface area contributed by atoms with E-state index in [1.54, 1.807) is 4.68 Å². The lowest BCUT2D eigenvalue weighted by atomic mass is 10.1. The second-order valence-electron chi connectivity index (χ2n) is 9.27. The molecule has 1 aliphatic heterocycles. The summed E-state index contributed by atoms with van der Waals surface area (Å²) < 4.78 is 10.9. The number of carbonyl (C=O) groups is 1. The second-order valence-corrected chi connectivity index (χ2v) is 9.27. The van der Waals surface area contributed by atoms with Gasteiger partial charge in [0.15, 0.2) is 11.4 Å². The van der Waals surface area contributed by atoms with Gasteiger partial charge in [-0.3, -0.25) is 14.2 Å². The molecule has 8 heteroatoms. The van der Waals surface area contributed by atoms with Crippen molar-refractivity contribution in [3.63, 3.8) is 0 Å². The molecule has 0 aliphatic carbocycles. The molecule has 176 valence electrons. The topological polar surface area (TPSA) is 83.9 Å². The predicted octanol–water partition coefficient (Wildman–Crippen LogP) is 3.68. The number of benzene rings is 1. The molecule has 1 atom stereocenters. The van der Waals surface area contributed by atoms with Crippen LogP contribution in [-0.4, -0.2) is 42.4 Å². The first-order valence-corrected chi connectivity index (χ1v) is 11.6. The number of hydrogen-bond donors (Lipinski definition) is 0. The molecule has 0 unspecified atom stereocenters. The van der Waals surface area contributed by atoms with Gasteiger partial charge in [-0.2, -0.15) is 5.10 Å². The van der Waals surface area contributed by atoms with Crippen molar-refractivity contribution in [3.05, 3.63) is 75.2 Å². The van der Waals surface area contributed by atoms with Crippen molar-refractivity contribution in [1.29, 1.82) is 0 Å². The number of ketones is 1. The van der Waals surface area contributed by atoms with E-state index in [0.29, 0.717) is 16.6 Å². The zero-order chi connectivity index (χ0) is 24.0. The molecule has 3 aromatic heterocycles. The minimum absolute atomic E-state index is 0.0687. The fourth-order valence-electron chi connectivity index (χ4n) is 4.92. The van der Waals surface area contributed by atoms with Crippen LogP contribution in [0, 0.1) is 27.7 Å². The lowest BCUT2D eigenvalue weighted by Crippen LogP contribution is -2.25. The minimum Gasteiger partial charge on any atom is -0.376 e. The third-order valence-electron chi connectivity index (χ3n) is 6.60. The van der Waals surface area contributed by atoms with Crippen molar-refractivity contribution in [1.82, 2.24) is 23.9 Å². The Labute approximate surface area is 197 Å². The monoisotopic (exact) mass is 459 g/mol. The number of aryl methyl sites for hydroxylation is 3. The van der Waals surface area contributed by atoms with Gasteiger partial charge in [-0.25, -0.2) is 9.67 Å². The largest absolute Gasteiger partial charge is 0.376 e. The zero-order valence-electron chi connectivity index (χ0n) is 20.0. The van der Waals surface area contributed by atoms with E-state index >= 15 is 0 Å². The van der Waals surface area contributed by atoms with E-state index in [4.69, 9.17) is 4.74 Å². The van der Waals surface area contributed by atoms with E-state index in [2.05, 4.69) is 20.7 Å². The fraction of sp³-hybridized carbons (Fsp3) is 0.385. The SMILES string of the molecule is Cc1cc(C)cc(-n2ncc3c(=O)n(CC(=O)c4cc(C)n(C[C@H]5CCCO5)c4C)cnc32)c1. The molecule has 34 heavy (non-hydrogen) atoms. The van der Waals surface area contributed by atoms with Crippen LogP contribution < -0.4 is 5.56 Å². The van der Waals surface area contributed by atoms with Gasteiger partial charge < -0.3 is 9.30 Å². The van der Waals surface area contributed by atoms with E-state index in [0.717, 1.165) is 54.2 Å². The van der Waals surface area contributed by atoms with Gasteiger partial charge in [-0.15, -0.1) is 0 Å². The number of carbonyl (C=O) groups excluding carboxylic acids is 1. The maximum Gasteiger partial charge on any atom is 0.264 e. The highest BCUT2D eigenvalue weighted by Crippen LogP contribution is 2.21. The predicted molar refractivity (Wildman–Crippen MR) is 130 cm³/mol. The average Bonchev–Trinajstić information content (AvgIpc) is 3.51. The molecule has 0 bridgehead atoms. The van der Waals surface area contributed by atoms with Crippen LogP contribution in [0.15, 0.2) is 41.6 Å². The molecule has 0 N–H and O–H groups in total. The Balaban J connectivity index is 1.43. The molecular formula is C26H29N5O3. The van der Waals surface area contributed by atoms with Gasteiger partial charge >= 0.3 is 0 Å². The van der Waals surface area contributed by atoms with Crippen LogP contribution in [0.5, 0.6) is 0 Å². The number of ether oxygens (including phenoxy) is 1. The van der Waals surface area contributed by atoms with Crippen molar-refractivity contribution in [2.24, 2.45) is 0 Å². The van der Waals surface area contributed by atoms with Gasteiger partial charge in [0.05, 0.1) is 24.5 Å². The summed E-state index contributed by atoms with van der Waals surface area (Å²) in [5.41, 5.74) is 5.83. The van der Waals surface area contributed by atoms with Gasteiger partial charge in [-0.1, -0.05) is 6.07 Å². The molecule has 0 saturated carbocycles. The van der Waals surface area contributed by atoms with E-state index in [-0.39, 0.29) is 24.0 Å². The normalized spacial score (nSPS) is 15.9. The molecule has 1 saturated heterocycles. The fourth-order valence-corrected chi connectivity index (χ4v) is 4.92. The highest BCUT2D eigenvalue weighted by Gasteiger charge is 2.22. The summed E-state index contributed by atoms with van der Waals surface area (Å²) in [5.74, 6) is -0.114. The maximum absolute atomic E-state index is 13.2. The standard InChI is InChI=1S/C26H29N5O3/c1-16-8-17(2)10-20(9-16)31-25-23(12-28-31)26(33)29(15-27-25)14-24(32)22-11-18(3)30(19(22)4)13-21-6-5-7-34-21/h8-12,15,21H,5-7,13-14H2,1-4H3/t21-/m1/s1. The lowest BCUT2D eigenvalue weighted by Gasteiger charge is -2.14. The molecule has 0 radical (unpaired) electrons. The lowest BCUT2D eigenvalue weighted by molar-refractivity contribution is 0.0948. The Morgan fingerprint density at radius 3 is 2.59 bits per heavy atom. The zero-order valence-corrected chi connectivity index (χ0v) is 20.0. The Kier molecular flexibility index (Phi) is 5.69. The third kappa shape index (κ3) is 3.98. The van der Waals surface area contributed by atoms with E-state index in [1.807, 2.05) is 45.9 Å². The van der Waals surface area contributed by atoms with Crippen molar-refractivity contribution in [2.75, 3.05) is 6.61 Å². The van der Waals surface area contributed by atoms with E-state index < -0.39 is 0 Å². The maximum atomic E-state index is 13.2. The summed E-state index contributed by atoms with van der Waals surface area (Å²) in [4.78, 5) is 30.8. The minimum atomic E-state index is -0.276. The first-order chi connectivity index (χ1) is 16.3. The number of Topliss-reactive ketones (excluding diaryl/α,β-unsaturated/α-hetero) is 1. The molecule has 5 rings (SSSR count). The Hall–Kier alpha value is -3.52. The van der Waals surface area contributed by atoms with Crippen LogP contribution in [0.1, 0.15) is 45.7 Å². The molecular weight excluding hydrogens is 430 g/mol. The summed E-state index contributed by atoms with van der Waals surface area (Å²) in [7, 11) is 0. The van der Waals surface area contributed by atoms with Gasteiger partial charge in [0.1, 0.15) is 11.7 Å². The van der Waals surface area contributed by atoms with Crippen LogP contribution >= 0.6 is 0 Å². The molecule has 1 aromatic carbocycles. The smallest absolute Gasteiger partial charge is 0.264 e. The summed E-state index contributed by atoms with van der Waals surface area (Å²) in [5, 5.41) is 4.79. The Morgan fingerprint density at radius 1 is 1.12 bits per heavy atom. The third-order valence-corrected chi connectivity index (χ3v) is 6.60. The quantitative estimate of drug-likeness (QED) is 0.411. The number of hydrogen-bond acceptors (Lipinski definition) is 5. The first kappa shape index (κ1) is 22.3. The van der Waals surface area contributed by atoms with E-state index in [1.165, 1.54) is 17.1 Å². The molecule has 8 nitrogen and oxygen atoms in total. The van der Waals surface area contributed by atoms with Gasteiger partial charge in [-0.05, 0) is 69.9 Å². The Morgan fingerprint density at radius 2 is 1.88 bits per heavy atom. The van der Waals surface area contributed by atoms with Crippen molar-refractivity contribution < 1.29 is 9.53 Å². The van der Waals surface area contributed by atoms with Gasteiger partial charge in [0.2, 0.25) is 0 Å². The van der Waals surface area contributed by atoms with Crippen LogP contribution in [0.3, 0.4) is 0 Å². The van der Waals surface area contributed by atoms with Gasteiger partial charge in [0.25, 0.3) is 5.56 Å². The number of fused-ring (bicyclic) bond motifs is 1. The number of nitrogens with zero attached hydrogens (tertiary/aromatic N) is 5. The molecule has 1 fully saturated rings. The van der Waals surface area contributed by atoms with Gasteiger partial charge in [0, 0.05) is 30.1 Å². The molecule has 4 heterocycles. The second kappa shape index (κ2) is 8.68. The summed E-state index contributed by atoms with van der Waals surface area (Å²) in [6, 6.07) is 7.99. The van der Waals surface area contributed by atoms with Crippen LogP contribution in [-0.2, 0) is 17.8 Å². The van der Waals surface area contributed by atoms with Crippen LogP contribution in [0.4, 0.5) is 0 Å². The number of aromatic nitrogens is 5. The molecule has 0 spiro atoms. The summed E-state index contributed by atoms with van der Waals surface area (Å²) in [6.07, 6.45) is 5.27. The molecule has 1 aliphatic rings. The Bertz CT molecular complexity index is 1430.